The Balaban J connectivity index is 1.54. The summed E-state index contributed by atoms with van der Waals surface area (Å²) < 4.78 is 3.57. The fraction of sp³-hybridized carbons (Fsp3) is 0. The molecule has 8 aromatic rings. The highest BCUT2D eigenvalue weighted by molar-refractivity contribution is 7.25. The predicted octanol–water partition coefficient (Wildman–Crippen LogP) is 7.46. The molecular formula is C31H18N6S. The Morgan fingerprint density at radius 3 is 1.92 bits per heavy atom. The molecule has 0 saturated carbocycles. The molecule has 38 heavy (non-hydrogen) atoms. The second-order valence-corrected chi connectivity index (χ2v) is 10.1. The van der Waals surface area contributed by atoms with Crippen molar-refractivity contribution in [1.82, 2.24) is 29.5 Å². The smallest absolute Gasteiger partial charge is 0.159 e. The van der Waals surface area contributed by atoms with Gasteiger partial charge in [0.05, 0.1) is 11.0 Å². The maximum Gasteiger partial charge on any atom is 0.159 e. The molecule has 5 aromatic heterocycles. The molecular weight excluding hydrogens is 488 g/mol. The second kappa shape index (κ2) is 8.26. The van der Waals surface area contributed by atoms with Gasteiger partial charge >= 0.3 is 0 Å². The van der Waals surface area contributed by atoms with Gasteiger partial charge in [0.1, 0.15) is 4.83 Å². The molecule has 6 nitrogen and oxygen atoms in total. The monoisotopic (exact) mass is 506 g/mol. The minimum atomic E-state index is 0.653. The number of benzene rings is 3. The first-order valence-corrected chi connectivity index (χ1v) is 13.1. The highest BCUT2D eigenvalue weighted by Gasteiger charge is 2.20. The maximum atomic E-state index is 4.90. The lowest BCUT2D eigenvalue weighted by atomic mass is 10.1. The first-order valence-electron chi connectivity index (χ1n) is 12.2. The summed E-state index contributed by atoms with van der Waals surface area (Å²) >= 11 is 1.73. The Kier molecular flexibility index (Phi) is 4.59. The Morgan fingerprint density at radius 1 is 0.579 bits per heavy atom. The molecule has 0 saturated heterocycles. The first-order chi connectivity index (χ1) is 18.8. The SMILES string of the molecule is c1cnc(-c2cc(-c3ncccn3)cc(-n3c4ccccc4c4cnc5sc6ccccc6c5c43)c2)nc1. The van der Waals surface area contributed by atoms with Crippen molar-refractivity contribution in [1.29, 1.82) is 0 Å². The van der Waals surface area contributed by atoms with Crippen molar-refractivity contribution < 1.29 is 0 Å². The average Bonchev–Trinajstić information content (AvgIpc) is 3.53. The van der Waals surface area contributed by atoms with Crippen LogP contribution in [-0.4, -0.2) is 29.5 Å². The molecule has 0 atom stereocenters. The molecule has 0 amide bonds. The Hall–Kier alpha value is -5.01. The van der Waals surface area contributed by atoms with Gasteiger partial charge in [0.2, 0.25) is 0 Å². The third kappa shape index (κ3) is 3.16. The zero-order valence-corrected chi connectivity index (χ0v) is 20.8. The van der Waals surface area contributed by atoms with Crippen molar-refractivity contribution in [3.63, 3.8) is 0 Å². The number of thiophene rings is 1. The largest absolute Gasteiger partial charge is 0.308 e. The molecule has 0 aliphatic rings. The van der Waals surface area contributed by atoms with E-state index >= 15 is 0 Å². The zero-order valence-electron chi connectivity index (χ0n) is 20.0. The number of hydrogen-bond donors (Lipinski definition) is 0. The van der Waals surface area contributed by atoms with Gasteiger partial charge in [-0.3, -0.25) is 0 Å². The lowest BCUT2D eigenvalue weighted by molar-refractivity contribution is 1.14. The molecule has 8 rings (SSSR count). The second-order valence-electron chi connectivity index (χ2n) is 9.06. The summed E-state index contributed by atoms with van der Waals surface area (Å²) in [6.07, 6.45) is 9.07. The van der Waals surface area contributed by atoms with Gasteiger partial charge < -0.3 is 4.57 Å². The van der Waals surface area contributed by atoms with Gasteiger partial charge in [-0.15, -0.1) is 11.3 Å². The van der Waals surface area contributed by atoms with Crippen LogP contribution in [0.2, 0.25) is 0 Å². The number of pyridine rings is 1. The number of nitrogens with zero attached hydrogens (tertiary/aromatic N) is 6. The average molecular weight is 507 g/mol. The lowest BCUT2D eigenvalue weighted by Gasteiger charge is -2.13. The summed E-state index contributed by atoms with van der Waals surface area (Å²) in [5.41, 5.74) is 5.04. The third-order valence-electron chi connectivity index (χ3n) is 6.86. The molecule has 0 unspecified atom stereocenters. The van der Waals surface area contributed by atoms with Crippen molar-refractivity contribution in [2.45, 2.75) is 0 Å². The number of hydrogen-bond acceptors (Lipinski definition) is 6. The van der Waals surface area contributed by atoms with E-state index in [1.807, 2.05) is 18.3 Å². The van der Waals surface area contributed by atoms with Gasteiger partial charge in [-0.1, -0.05) is 36.4 Å². The van der Waals surface area contributed by atoms with E-state index in [1.54, 1.807) is 36.1 Å². The molecule has 3 aromatic carbocycles. The van der Waals surface area contributed by atoms with Crippen LogP contribution in [0.5, 0.6) is 0 Å². The van der Waals surface area contributed by atoms with E-state index in [0.717, 1.165) is 48.8 Å². The van der Waals surface area contributed by atoms with E-state index < -0.39 is 0 Å². The Bertz CT molecular complexity index is 2070. The van der Waals surface area contributed by atoms with Crippen LogP contribution in [0.3, 0.4) is 0 Å². The molecule has 0 fully saturated rings. The van der Waals surface area contributed by atoms with Crippen LogP contribution >= 0.6 is 11.3 Å². The van der Waals surface area contributed by atoms with Crippen LogP contribution in [0.25, 0.3) is 70.6 Å². The summed E-state index contributed by atoms with van der Waals surface area (Å²) in [7, 11) is 0. The topological polar surface area (TPSA) is 69.4 Å². The zero-order chi connectivity index (χ0) is 25.1. The van der Waals surface area contributed by atoms with Crippen molar-refractivity contribution in [3.8, 4) is 28.5 Å². The summed E-state index contributed by atoms with van der Waals surface area (Å²) in [6, 6.07) is 27.0. The van der Waals surface area contributed by atoms with Crippen LogP contribution in [0.4, 0.5) is 0 Å². The molecule has 0 bridgehead atoms. The highest BCUT2D eigenvalue weighted by atomic mass is 32.1. The number of para-hydroxylation sites is 1. The third-order valence-corrected chi connectivity index (χ3v) is 7.94. The quantitative estimate of drug-likeness (QED) is 0.249. The van der Waals surface area contributed by atoms with Gasteiger partial charge in [-0.05, 0) is 42.5 Å². The molecule has 0 aliphatic heterocycles. The first kappa shape index (κ1) is 21.1. The van der Waals surface area contributed by atoms with Gasteiger partial charge in [-0.25, -0.2) is 24.9 Å². The number of fused-ring (bicyclic) bond motifs is 7. The summed E-state index contributed by atoms with van der Waals surface area (Å²) in [5.74, 6) is 1.31. The number of aromatic nitrogens is 6. The van der Waals surface area contributed by atoms with Gasteiger partial charge in [0.15, 0.2) is 11.6 Å². The van der Waals surface area contributed by atoms with Crippen molar-refractivity contribution in [2.24, 2.45) is 0 Å². The van der Waals surface area contributed by atoms with E-state index in [0.29, 0.717) is 11.6 Å². The van der Waals surface area contributed by atoms with Crippen molar-refractivity contribution in [3.05, 3.63) is 110 Å². The van der Waals surface area contributed by atoms with Crippen LogP contribution in [0.1, 0.15) is 0 Å². The predicted molar refractivity (Wildman–Crippen MR) is 154 cm³/mol. The molecule has 178 valence electrons. The van der Waals surface area contributed by atoms with Crippen LogP contribution in [0, 0.1) is 0 Å². The lowest BCUT2D eigenvalue weighted by Crippen LogP contribution is -1.98. The van der Waals surface area contributed by atoms with Crippen LogP contribution < -0.4 is 0 Å². The maximum absolute atomic E-state index is 4.90. The van der Waals surface area contributed by atoms with E-state index in [1.165, 1.54) is 10.1 Å². The normalized spacial score (nSPS) is 11.7. The summed E-state index contributed by atoms with van der Waals surface area (Å²) in [4.78, 5) is 24.1. The molecule has 0 radical (unpaired) electrons. The fourth-order valence-electron chi connectivity index (χ4n) is 5.28. The molecule has 7 heteroatoms. The molecule has 0 aliphatic carbocycles. The van der Waals surface area contributed by atoms with Gasteiger partial charge in [0.25, 0.3) is 0 Å². The van der Waals surface area contributed by atoms with Crippen LogP contribution in [0.15, 0.2) is 110 Å². The minimum absolute atomic E-state index is 0.653. The molecule has 0 spiro atoms. The fourth-order valence-corrected chi connectivity index (χ4v) is 6.33. The van der Waals surface area contributed by atoms with E-state index in [9.17, 15) is 0 Å². The molecule has 5 heterocycles. The summed E-state index contributed by atoms with van der Waals surface area (Å²) in [6.45, 7) is 0. The summed E-state index contributed by atoms with van der Waals surface area (Å²) in [5, 5.41) is 4.66. The van der Waals surface area contributed by atoms with E-state index in [4.69, 9.17) is 4.98 Å². The van der Waals surface area contributed by atoms with E-state index in [-0.39, 0.29) is 0 Å². The Morgan fingerprint density at radius 2 is 1.21 bits per heavy atom. The van der Waals surface area contributed by atoms with Crippen molar-refractivity contribution >= 4 is 53.4 Å². The van der Waals surface area contributed by atoms with Crippen molar-refractivity contribution in [2.75, 3.05) is 0 Å². The minimum Gasteiger partial charge on any atom is -0.308 e. The number of rotatable bonds is 3. The van der Waals surface area contributed by atoms with Gasteiger partial charge in [0, 0.05) is 74.0 Å². The van der Waals surface area contributed by atoms with Gasteiger partial charge in [-0.2, -0.15) is 0 Å². The Labute approximate surface area is 220 Å². The van der Waals surface area contributed by atoms with Crippen LogP contribution in [-0.2, 0) is 0 Å². The van der Waals surface area contributed by atoms with E-state index in [2.05, 4.69) is 91.2 Å². The standard InChI is InChI=1S/C31H18N6S/c1-3-9-25-22(7-1)24-18-36-31-27(23-8-2-4-10-26(23)38-31)28(24)37(25)21-16-19(29-32-11-5-12-33-29)15-20(17-21)30-34-13-6-14-35-30/h1-18H. The highest BCUT2D eigenvalue weighted by Crippen LogP contribution is 2.42. The molecule has 0 N–H and O–H groups in total.